The molecule has 0 radical (unpaired) electrons. The minimum absolute atomic E-state index is 0.00166. The normalized spacial score (nSPS) is 15.3. The van der Waals surface area contributed by atoms with Crippen LogP contribution >= 0.6 is 0 Å². The van der Waals surface area contributed by atoms with Crippen LogP contribution in [0.5, 0.6) is 0 Å². The Kier molecular flexibility index (Phi) is 6.24. The second-order valence-corrected chi connectivity index (χ2v) is 6.99. The molecule has 2 aromatic rings. The molecule has 27 heavy (non-hydrogen) atoms. The van der Waals surface area contributed by atoms with Crippen molar-refractivity contribution < 1.29 is 14.3 Å². The van der Waals surface area contributed by atoms with E-state index < -0.39 is 5.97 Å². The summed E-state index contributed by atoms with van der Waals surface area (Å²) in [5.41, 5.74) is 3.19. The predicted molar refractivity (Wildman–Crippen MR) is 106 cm³/mol. The van der Waals surface area contributed by atoms with Crippen LogP contribution in [0.3, 0.4) is 0 Å². The number of nitrogens with zero attached hydrogens (tertiary/aromatic N) is 1. The molecule has 1 fully saturated rings. The first-order valence-electron chi connectivity index (χ1n) is 9.33. The highest BCUT2D eigenvalue weighted by atomic mass is 16.5. The van der Waals surface area contributed by atoms with Gasteiger partial charge in [-0.05, 0) is 56.1 Å². The minimum atomic E-state index is -0.391. The van der Waals surface area contributed by atoms with Gasteiger partial charge in [-0.2, -0.15) is 0 Å². The molecule has 0 aliphatic carbocycles. The van der Waals surface area contributed by atoms with Crippen LogP contribution in [0.1, 0.15) is 34.3 Å². The fourth-order valence-corrected chi connectivity index (χ4v) is 3.53. The molecule has 5 heteroatoms. The smallest absolute Gasteiger partial charge is 0.338 e. The van der Waals surface area contributed by atoms with Crippen molar-refractivity contribution in [1.29, 1.82) is 0 Å². The van der Waals surface area contributed by atoms with E-state index in [1.165, 1.54) is 12.7 Å². The molecule has 0 unspecified atom stereocenters. The van der Waals surface area contributed by atoms with E-state index in [2.05, 4.69) is 34.5 Å². The number of hydrogen-bond acceptors (Lipinski definition) is 4. The molecule has 0 spiro atoms. The lowest BCUT2D eigenvalue weighted by molar-refractivity contribution is -0.121. The summed E-state index contributed by atoms with van der Waals surface area (Å²) >= 11 is 0. The molecule has 3 rings (SSSR count). The van der Waals surface area contributed by atoms with E-state index >= 15 is 0 Å². The summed E-state index contributed by atoms with van der Waals surface area (Å²) in [7, 11) is 1.36. The standard InChI is InChI=1S/C22H26N2O3/c1-16-19(22(26)27-2)9-6-10-20(16)23-21(25)18-11-13-24(14-12-18)15-17-7-4-3-5-8-17/h3-10,18H,11-15H2,1-2H3,(H,23,25). The third-order valence-electron chi connectivity index (χ3n) is 5.20. The molecule has 0 saturated carbocycles. The van der Waals surface area contributed by atoms with Gasteiger partial charge < -0.3 is 10.1 Å². The van der Waals surface area contributed by atoms with Crippen LogP contribution in [-0.2, 0) is 16.1 Å². The number of ether oxygens (including phenoxy) is 1. The zero-order valence-corrected chi connectivity index (χ0v) is 15.9. The van der Waals surface area contributed by atoms with Gasteiger partial charge in [-0.15, -0.1) is 0 Å². The molecule has 0 bridgehead atoms. The molecule has 5 nitrogen and oxygen atoms in total. The monoisotopic (exact) mass is 366 g/mol. The van der Waals surface area contributed by atoms with E-state index in [9.17, 15) is 9.59 Å². The van der Waals surface area contributed by atoms with Gasteiger partial charge in [0.1, 0.15) is 0 Å². The van der Waals surface area contributed by atoms with E-state index in [0.717, 1.165) is 38.0 Å². The maximum absolute atomic E-state index is 12.7. The maximum atomic E-state index is 12.7. The topological polar surface area (TPSA) is 58.6 Å². The molecule has 1 aliphatic heterocycles. The fraction of sp³-hybridized carbons (Fsp3) is 0.364. The van der Waals surface area contributed by atoms with Gasteiger partial charge in [-0.3, -0.25) is 9.69 Å². The van der Waals surface area contributed by atoms with E-state index in [4.69, 9.17) is 4.74 Å². The summed E-state index contributed by atoms with van der Waals surface area (Å²) in [6.07, 6.45) is 1.68. The highest BCUT2D eigenvalue weighted by Crippen LogP contribution is 2.24. The zero-order valence-electron chi connectivity index (χ0n) is 15.9. The van der Waals surface area contributed by atoms with E-state index in [1.807, 2.05) is 19.1 Å². The summed E-state index contributed by atoms with van der Waals surface area (Å²) in [5, 5.41) is 3.00. The van der Waals surface area contributed by atoms with E-state index in [0.29, 0.717) is 11.3 Å². The molecule has 1 N–H and O–H groups in total. The number of amides is 1. The van der Waals surface area contributed by atoms with Gasteiger partial charge in [0.25, 0.3) is 0 Å². The number of hydrogen-bond donors (Lipinski definition) is 1. The van der Waals surface area contributed by atoms with Crippen LogP contribution in [0.25, 0.3) is 0 Å². The summed E-state index contributed by atoms with van der Waals surface area (Å²) in [5.74, 6) is -0.365. The van der Waals surface area contributed by atoms with E-state index in [1.54, 1.807) is 12.1 Å². The first-order valence-corrected chi connectivity index (χ1v) is 9.33. The first-order chi connectivity index (χ1) is 13.1. The van der Waals surface area contributed by atoms with Crippen LogP contribution in [0.15, 0.2) is 48.5 Å². The maximum Gasteiger partial charge on any atom is 0.338 e. The van der Waals surface area contributed by atoms with Crippen LogP contribution in [-0.4, -0.2) is 37.0 Å². The number of esters is 1. The summed E-state index contributed by atoms with van der Waals surface area (Å²) in [6, 6.07) is 15.7. The quantitative estimate of drug-likeness (QED) is 0.821. The Hall–Kier alpha value is -2.66. The predicted octanol–water partition coefficient (Wildman–Crippen LogP) is 3.63. The van der Waals surface area contributed by atoms with Gasteiger partial charge in [-0.1, -0.05) is 36.4 Å². The SMILES string of the molecule is COC(=O)c1cccc(NC(=O)C2CCN(Cc3ccccc3)CC2)c1C. The van der Waals surface area contributed by atoms with Gasteiger partial charge >= 0.3 is 5.97 Å². The fourth-order valence-electron chi connectivity index (χ4n) is 3.53. The molecule has 142 valence electrons. The van der Waals surface area contributed by atoms with Crippen molar-refractivity contribution in [2.45, 2.75) is 26.3 Å². The average molecular weight is 366 g/mol. The molecular formula is C22H26N2O3. The van der Waals surface area contributed by atoms with Crippen LogP contribution < -0.4 is 5.32 Å². The lowest BCUT2D eigenvalue weighted by Gasteiger charge is -2.31. The van der Waals surface area contributed by atoms with Gasteiger partial charge in [0, 0.05) is 18.2 Å². The summed E-state index contributed by atoms with van der Waals surface area (Å²) < 4.78 is 4.80. The van der Waals surface area contributed by atoms with Crippen molar-refractivity contribution in [3.63, 3.8) is 0 Å². The summed E-state index contributed by atoms with van der Waals surface area (Å²) in [6.45, 7) is 4.57. The van der Waals surface area contributed by atoms with E-state index in [-0.39, 0.29) is 11.8 Å². The number of anilines is 1. The van der Waals surface area contributed by atoms with Crippen molar-refractivity contribution in [2.75, 3.05) is 25.5 Å². The first kappa shape index (κ1) is 19.1. The molecule has 1 aliphatic rings. The van der Waals surface area contributed by atoms with Crippen LogP contribution in [0.4, 0.5) is 5.69 Å². The number of benzene rings is 2. The largest absolute Gasteiger partial charge is 0.465 e. The number of likely N-dealkylation sites (tertiary alicyclic amines) is 1. The number of rotatable bonds is 5. The lowest BCUT2D eigenvalue weighted by Crippen LogP contribution is -2.37. The van der Waals surface area contributed by atoms with Gasteiger partial charge in [0.2, 0.25) is 5.91 Å². The van der Waals surface area contributed by atoms with Crippen molar-refractivity contribution in [1.82, 2.24) is 4.90 Å². The van der Waals surface area contributed by atoms with Crippen LogP contribution in [0.2, 0.25) is 0 Å². The Morgan fingerprint density at radius 2 is 1.78 bits per heavy atom. The number of nitrogens with one attached hydrogen (secondary N) is 1. The molecule has 0 aromatic heterocycles. The minimum Gasteiger partial charge on any atom is -0.465 e. The molecule has 1 saturated heterocycles. The van der Waals surface area contributed by atoms with Crippen molar-refractivity contribution in [3.8, 4) is 0 Å². The Balaban J connectivity index is 1.56. The third kappa shape index (κ3) is 4.74. The number of carbonyl (C=O) groups excluding carboxylic acids is 2. The van der Waals surface area contributed by atoms with Crippen molar-refractivity contribution >= 4 is 17.6 Å². The number of carbonyl (C=O) groups is 2. The summed E-state index contributed by atoms with van der Waals surface area (Å²) in [4.78, 5) is 26.9. The third-order valence-corrected chi connectivity index (χ3v) is 5.20. The second kappa shape index (κ2) is 8.82. The van der Waals surface area contributed by atoms with Crippen LogP contribution in [0, 0.1) is 12.8 Å². The number of methoxy groups -OCH3 is 1. The van der Waals surface area contributed by atoms with Gasteiger partial charge in [-0.25, -0.2) is 4.79 Å². The molecule has 1 amide bonds. The average Bonchev–Trinajstić information content (AvgIpc) is 2.70. The number of piperidine rings is 1. The highest BCUT2D eigenvalue weighted by Gasteiger charge is 2.25. The zero-order chi connectivity index (χ0) is 19.2. The Bertz CT molecular complexity index is 796. The molecule has 2 aromatic carbocycles. The lowest BCUT2D eigenvalue weighted by atomic mass is 9.95. The van der Waals surface area contributed by atoms with Gasteiger partial charge in [0.15, 0.2) is 0 Å². The molecule has 0 atom stereocenters. The van der Waals surface area contributed by atoms with Gasteiger partial charge in [0.05, 0.1) is 12.7 Å². The Labute approximate surface area is 160 Å². The molecular weight excluding hydrogens is 340 g/mol. The second-order valence-electron chi connectivity index (χ2n) is 6.99. The van der Waals surface area contributed by atoms with Crippen molar-refractivity contribution in [3.05, 3.63) is 65.2 Å². The Morgan fingerprint density at radius 3 is 2.44 bits per heavy atom. The van der Waals surface area contributed by atoms with Crippen molar-refractivity contribution in [2.24, 2.45) is 5.92 Å². The Morgan fingerprint density at radius 1 is 1.07 bits per heavy atom. The molecule has 1 heterocycles. The highest BCUT2D eigenvalue weighted by molar-refractivity contribution is 5.97.